The van der Waals surface area contributed by atoms with Crippen LogP contribution < -0.4 is 14.8 Å². The SMILES string of the molecule is CC(C)(C)c1ncncc1CNC(=O)CCc1ccc2c(c1)OCO2. The number of aromatic nitrogens is 2. The first-order valence-electron chi connectivity index (χ1n) is 8.38. The molecule has 1 aromatic heterocycles. The average Bonchev–Trinajstić information content (AvgIpc) is 3.05. The van der Waals surface area contributed by atoms with Gasteiger partial charge in [0.1, 0.15) is 6.33 Å². The number of rotatable bonds is 5. The zero-order valence-electron chi connectivity index (χ0n) is 14.8. The molecule has 1 aliphatic rings. The summed E-state index contributed by atoms with van der Waals surface area (Å²) in [6.07, 6.45) is 4.38. The predicted molar refractivity (Wildman–Crippen MR) is 93.5 cm³/mol. The fourth-order valence-corrected chi connectivity index (χ4v) is 2.80. The first-order valence-corrected chi connectivity index (χ1v) is 8.38. The van der Waals surface area contributed by atoms with Crippen molar-refractivity contribution in [3.8, 4) is 11.5 Å². The molecule has 0 radical (unpaired) electrons. The molecule has 2 aromatic rings. The predicted octanol–water partition coefficient (Wildman–Crippen LogP) is 2.75. The van der Waals surface area contributed by atoms with E-state index in [9.17, 15) is 4.79 Å². The summed E-state index contributed by atoms with van der Waals surface area (Å²) in [4.78, 5) is 20.6. The van der Waals surface area contributed by atoms with Crippen LogP contribution in [0.5, 0.6) is 11.5 Å². The lowest BCUT2D eigenvalue weighted by Crippen LogP contribution is -2.26. The van der Waals surface area contributed by atoms with Gasteiger partial charge in [-0.15, -0.1) is 0 Å². The summed E-state index contributed by atoms with van der Waals surface area (Å²) in [6.45, 7) is 6.99. The number of hydrogen-bond acceptors (Lipinski definition) is 5. The van der Waals surface area contributed by atoms with Gasteiger partial charge in [0, 0.05) is 30.1 Å². The van der Waals surface area contributed by atoms with E-state index in [4.69, 9.17) is 9.47 Å². The summed E-state index contributed by atoms with van der Waals surface area (Å²) in [5, 5.41) is 2.96. The van der Waals surface area contributed by atoms with E-state index in [0.717, 1.165) is 28.3 Å². The van der Waals surface area contributed by atoms with E-state index < -0.39 is 0 Å². The first-order chi connectivity index (χ1) is 11.9. The van der Waals surface area contributed by atoms with Crippen molar-refractivity contribution < 1.29 is 14.3 Å². The van der Waals surface area contributed by atoms with Crippen molar-refractivity contribution in [2.24, 2.45) is 0 Å². The van der Waals surface area contributed by atoms with Gasteiger partial charge in [-0.1, -0.05) is 26.8 Å². The number of fused-ring (bicyclic) bond motifs is 1. The van der Waals surface area contributed by atoms with Gasteiger partial charge in [0.2, 0.25) is 12.7 Å². The topological polar surface area (TPSA) is 73.3 Å². The Labute approximate surface area is 147 Å². The van der Waals surface area contributed by atoms with Crippen molar-refractivity contribution in [1.29, 1.82) is 0 Å². The number of carbonyl (C=O) groups is 1. The van der Waals surface area contributed by atoms with Gasteiger partial charge >= 0.3 is 0 Å². The Bertz CT molecular complexity index is 769. The van der Waals surface area contributed by atoms with Gasteiger partial charge in [0.15, 0.2) is 11.5 Å². The molecule has 132 valence electrons. The van der Waals surface area contributed by atoms with E-state index in [1.165, 1.54) is 0 Å². The molecule has 1 amide bonds. The van der Waals surface area contributed by atoms with Crippen LogP contribution in [0.3, 0.4) is 0 Å². The zero-order valence-corrected chi connectivity index (χ0v) is 14.8. The van der Waals surface area contributed by atoms with Crippen LogP contribution in [0, 0.1) is 0 Å². The molecule has 1 aromatic carbocycles. The van der Waals surface area contributed by atoms with Crippen LogP contribution in [-0.4, -0.2) is 22.7 Å². The average molecular weight is 341 g/mol. The van der Waals surface area contributed by atoms with Crippen molar-refractivity contribution in [2.45, 2.75) is 45.6 Å². The molecule has 0 unspecified atom stereocenters. The largest absolute Gasteiger partial charge is 0.454 e. The number of carbonyl (C=O) groups excluding carboxylic acids is 1. The van der Waals surface area contributed by atoms with Gasteiger partial charge in [-0.3, -0.25) is 4.79 Å². The van der Waals surface area contributed by atoms with Crippen molar-refractivity contribution in [3.05, 3.63) is 47.5 Å². The molecule has 0 saturated carbocycles. The summed E-state index contributed by atoms with van der Waals surface area (Å²) in [7, 11) is 0. The summed E-state index contributed by atoms with van der Waals surface area (Å²) in [5.41, 5.74) is 2.87. The smallest absolute Gasteiger partial charge is 0.231 e. The molecular weight excluding hydrogens is 318 g/mol. The monoisotopic (exact) mass is 341 g/mol. The Morgan fingerprint density at radius 1 is 1.24 bits per heavy atom. The Morgan fingerprint density at radius 3 is 2.84 bits per heavy atom. The second-order valence-corrected chi connectivity index (χ2v) is 7.11. The molecule has 2 heterocycles. The molecule has 1 N–H and O–H groups in total. The van der Waals surface area contributed by atoms with Crippen LogP contribution in [0.15, 0.2) is 30.7 Å². The fourth-order valence-electron chi connectivity index (χ4n) is 2.80. The van der Waals surface area contributed by atoms with Gasteiger partial charge in [0.25, 0.3) is 0 Å². The number of benzene rings is 1. The van der Waals surface area contributed by atoms with E-state index in [1.807, 2.05) is 18.2 Å². The number of amides is 1. The molecule has 6 nitrogen and oxygen atoms in total. The minimum Gasteiger partial charge on any atom is -0.454 e. The van der Waals surface area contributed by atoms with Gasteiger partial charge in [-0.2, -0.15) is 0 Å². The second kappa shape index (κ2) is 7.09. The molecule has 0 spiro atoms. The van der Waals surface area contributed by atoms with Crippen molar-refractivity contribution in [3.63, 3.8) is 0 Å². The Morgan fingerprint density at radius 2 is 2.04 bits per heavy atom. The molecule has 0 atom stereocenters. The minimum atomic E-state index is -0.0878. The van der Waals surface area contributed by atoms with Crippen molar-refractivity contribution in [1.82, 2.24) is 15.3 Å². The highest BCUT2D eigenvalue weighted by Gasteiger charge is 2.20. The van der Waals surface area contributed by atoms with E-state index in [2.05, 4.69) is 36.1 Å². The number of hydrogen-bond donors (Lipinski definition) is 1. The Balaban J connectivity index is 1.54. The van der Waals surface area contributed by atoms with Crippen LogP contribution >= 0.6 is 0 Å². The first kappa shape index (κ1) is 17.2. The van der Waals surface area contributed by atoms with Crippen molar-refractivity contribution >= 4 is 5.91 Å². The quantitative estimate of drug-likeness (QED) is 0.905. The number of aryl methyl sites for hydroxylation is 1. The van der Waals surface area contributed by atoms with Gasteiger partial charge in [-0.25, -0.2) is 9.97 Å². The number of nitrogens with zero attached hydrogens (tertiary/aromatic N) is 2. The highest BCUT2D eigenvalue weighted by Crippen LogP contribution is 2.32. The van der Waals surface area contributed by atoms with Crippen LogP contribution in [0.1, 0.15) is 44.0 Å². The van der Waals surface area contributed by atoms with E-state index in [-0.39, 0.29) is 18.1 Å². The highest BCUT2D eigenvalue weighted by atomic mass is 16.7. The maximum Gasteiger partial charge on any atom is 0.231 e. The molecular formula is C19H23N3O3. The molecule has 1 aliphatic heterocycles. The molecule has 3 rings (SSSR count). The van der Waals surface area contributed by atoms with Crippen molar-refractivity contribution in [2.75, 3.05) is 6.79 Å². The van der Waals surface area contributed by atoms with E-state index in [1.54, 1.807) is 12.5 Å². The molecule has 6 heteroatoms. The summed E-state index contributed by atoms with van der Waals surface area (Å²) < 4.78 is 10.7. The summed E-state index contributed by atoms with van der Waals surface area (Å²) in [5.74, 6) is 1.50. The standard InChI is InChI=1S/C19H23N3O3/c1-19(2,3)18-14(9-20-11-22-18)10-21-17(23)7-5-13-4-6-15-16(8-13)25-12-24-15/h4,6,8-9,11H,5,7,10,12H2,1-3H3,(H,21,23). The zero-order chi connectivity index (χ0) is 17.9. The lowest BCUT2D eigenvalue weighted by atomic mass is 9.89. The Hall–Kier alpha value is -2.63. The fraction of sp³-hybridized carbons (Fsp3) is 0.421. The second-order valence-electron chi connectivity index (χ2n) is 7.11. The van der Waals surface area contributed by atoms with Crippen LogP contribution in [-0.2, 0) is 23.2 Å². The highest BCUT2D eigenvalue weighted by molar-refractivity contribution is 5.76. The summed E-state index contributed by atoms with van der Waals surface area (Å²) in [6, 6.07) is 5.77. The number of ether oxygens (including phenoxy) is 2. The molecule has 25 heavy (non-hydrogen) atoms. The third-order valence-electron chi connectivity index (χ3n) is 4.05. The maximum atomic E-state index is 12.2. The minimum absolute atomic E-state index is 0.00128. The summed E-state index contributed by atoms with van der Waals surface area (Å²) >= 11 is 0. The lowest BCUT2D eigenvalue weighted by molar-refractivity contribution is -0.121. The number of nitrogens with one attached hydrogen (secondary N) is 1. The lowest BCUT2D eigenvalue weighted by Gasteiger charge is -2.21. The van der Waals surface area contributed by atoms with Crippen LogP contribution in [0.25, 0.3) is 0 Å². The maximum absolute atomic E-state index is 12.2. The van der Waals surface area contributed by atoms with E-state index in [0.29, 0.717) is 19.4 Å². The Kier molecular flexibility index (Phi) is 4.88. The molecule has 0 fully saturated rings. The van der Waals surface area contributed by atoms with Gasteiger partial charge < -0.3 is 14.8 Å². The molecule has 0 bridgehead atoms. The third kappa shape index (κ3) is 4.26. The van der Waals surface area contributed by atoms with E-state index >= 15 is 0 Å². The molecule has 0 saturated heterocycles. The van der Waals surface area contributed by atoms with Gasteiger partial charge in [0.05, 0.1) is 5.69 Å². The van der Waals surface area contributed by atoms with Gasteiger partial charge in [-0.05, 0) is 24.1 Å². The van der Waals surface area contributed by atoms with Crippen LogP contribution in [0.2, 0.25) is 0 Å². The normalized spacial score (nSPS) is 12.9. The molecule has 0 aliphatic carbocycles. The third-order valence-corrected chi connectivity index (χ3v) is 4.05. The van der Waals surface area contributed by atoms with Crippen LogP contribution in [0.4, 0.5) is 0 Å².